The molecule has 0 bridgehead atoms. The van der Waals surface area contributed by atoms with Crippen molar-refractivity contribution in [1.29, 1.82) is 0 Å². The number of esters is 1. The quantitative estimate of drug-likeness (QED) is 0.510. The zero-order valence-electron chi connectivity index (χ0n) is 13.9. The summed E-state index contributed by atoms with van der Waals surface area (Å²) in [5.41, 5.74) is 7.85. The molecule has 0 saturated carbocycles. The molecule has 0 amide bonds. The Kier molecular flexibility index (Phi) is 5.30. The normalized spacial score (nSPS) is 11.2. The van der Waals surface area contributed by atoms with Crippen LogP contribution in [0.4, 0.5) is 5.69 Å². The minimum atomic E-state index is -0.613. The van der Waals surface area contributed by atoms with E-state index in [2.05, 4.69) is 20.8 Å². The van der Waals surface area contributed by atoms with Crippen molar-refractivity contribution < 1.29 is 14.3 Å². The number of nitrogen functional groups attached to an aromatic ring is 1. The maximum Gasteiger partial charge on any atom is 0.338 e. The Morgan fingerprint density at radius 3 is 2.17 bits per heavy atom. The average molecular weight is 346 g/mol. The van der Waals surface area contributed by atoms with Crippen LogP contribution in [0.2, 0.25) is 5.02 Å². The van der Waals surface area contributed by atoms with Crippen molar-refractivity contribution in [2.45, 2.75) is 26.2 Å². The van der Waals surface area contributed by atoms with Crippen molar-refractivity contribution in [3.05, 3.63) is 64.2 Å². The van der Waals surface area contributed by atoms with Gasteiger partial charge >= 0.3 is 5.97 Å². The minimum absolute atomic E-state index is 0.0164. The lowest BCUT2D eigenvalue weighted by Gasteiger charge is -2.18. The highest BCUT2D eigenvalue weighted by atomic mass is 35.5. The number of ether oxygens (including phenoxy) is 1. The molecule has 0 aliphatic rings. The lowest BCUT2D eigenvalue weighted by atomic mass is 9.86. The fourth-order valence-electron chi connectivity index (χ4n) is 2.12. The minimum Gasteiger partial charge on any atom is -0.454 e. The van der Waals surface area contributed by atoms with Crippen LogP contribution in [0.3, 0.4) is 0 Å². The zero-order chi connectivity index (χ0) is 17.9. The number of benzene rings is 2. The Morgan fingerprint density at radius 2 is 1.62 bits per heavy atom. The Hall–Kier alpha value is -2.33. The van der Waals surface area contributed by atoms with E-state index in [4.69, 9.17) is 22.1 Å². The van der Waals surface area contributed by atoms with E-state index >= 15 is 0 Å². The molecular weight excluding hydrogens is 326 g/mol. The van der Waals surface area contributed by atoms with Gasteiger partial charge in [-0.05, 0) is 29.2 Å². The zero-order valence-corrected chi connectivity index (χ0v) is 14.7. The van der Waals surface area contributed by atoms with E-state index in [1.807, 2.05) is 12.1 Å². The number of carbonyl (C=O) groups excluding carboxylic acids is 2. The third kappa shape index (κ3) is 4.36. The van der Waals surface area contributed by atoms with Gasteiger partial charge < -0.3 is 10.5 Å². The van der Waals surface area contributed by atoms with Crippen molar-refractivity contribution in [2.75, 3.05) is 12.3 Å². The Labute approximate surface area is 146 Å². The summed E-state index contributed by atoms with van der Waals surface area (Å²) >= 11 is 5.81. The highest BCUT2D eigenvalue weighted by Crippen LogP contribution is 2.22. The second-order valence-electron chi connectivity index (χ2n) is 6.56. The molecule has 0 radical (unpaired) electrons. The second-order valence-corrected chi connectivity index (χ2v) is 6.97. The number of carbonyl (C=O) groups is 2. The average Bonchev–Trinajstić information content (AvgIpc) is 2.54. The number of halogens is 1. The van der Waals surface area contributed by atoms with Crippen LogP contribution in [0.5, 0.6) is 0 Å². The molecule has 2 rings (SSSR count). The van der Waals surface area contributed by atoms with Crippen LogP contribution in [0.15, 0.2) is 42.5 Å². The maximum atomic E-state index is 12.1. The lowest BCUT2D eigenvalue weighted by molar-refractivity contribution is 0.0475. The monoisotopic (exact) mass is 345 g/mol. The molecule has 2 aromatic rings. The summed E-state index contributed by atoms with van der Waals surface area (Å²) in [6.45, 7) is 5.98. The van der Waals surface area contributed by atoms with Crippen molar-refractivity contribution in [1.82, 2.24) is 0 Å². The summed E-state index contributed by atoms with van der Waals surface area (Å²) in [5, 5.41) is 0.363. The highest BCUT2D eigenvalue weighted by molar-refractivity contribution is 6.33. The largest absolute Gasteiger partial charge is 0.454 e. The molecular formula is C19H20ClNO3. The van der Waals surface area contributed by atoms with Crippen LogP contribution in [0.1, 0.15) is 47.1 Å². The highest BCUT2D eigenvalue weighted by Gasteiger charge is 2.16. The van der Waals surface area contributed by atoms with E-state index in [-0.39, 0.29) is 29.1 Å². The fourth-order valence-corrected chi connectivity index (χ4v) is 2.24. The number of Topliss-reactive ketones (excluding diaryl/α,β-unsaturated/α-hetero) is 1. The van der Waals surface area contributed by atoms with Gasteiger partial charge in [0.2, 0.25) is 0 Å². The van der Waals surface area contributed by atoms with E-state index in [0.717, 1.165) is 5.56 Å². The smallest absolute Gasteiger partial charge is 0.338 e. The first-order valence-electron chi connectivity index (χ1n) is 7.54. The molecule has 126 valence electrons. The molecule has 0 aliphatic carbocycles. The molecule has 5 heteroatoms. The molecule has 0 aromatic heterocycles. The van der Waals surface area contributed by atoms with E-state index < -0.39 is 5.97 Å². The third-order valence-electron chi connectivity index (χ3n) is 3.64. The predicted molar refractivity (Wildman–Crippen MR) is 95.6 cm³/mol. The first-order valence-corrected chi connectivity index (χ1v) is 7.92. The van der Waals surface area contributed by atoms with Gasteiger partial charge in [-0.2, -0.15) is 0 Å². The molecule has 0 saturated heterocycles. The number of nitrogens with two attached hydrogens (primary N) is 1. The Bertz CT molecular complexity index is 761. The molecule has 24 heavy (non-hydrogen) atoms. The molecule has 0 unspecified atom stereocenters. The summed E-state index contributed by atoms with van der Waals surface area (Å²) in [4.78, 5) is 24.1. The van der Waals surface area contributed by atoms with Crippen molar-refractivity contribution in [2.24, 2.45) is 0 Å². The van der Waals surface area contributed by atoms with Gasteiger partial charge in [-0.25, -0.2) is 4.79 Å². The summed E-state index contributed by atoms with van der Waals surface area (Å²) in [5.74, 6) is -0.872. The maximum absolute atomic E-state index is 12.1. The number of rotatable bonds is 4. The lowest BCUT2D eigenvalue weighted by Crippen LogP contribution is -2.15. The topological polar surface area (TPSA) is 69.4 Å². The van der Waals surface area contributed by atoms with Crippen LogP contribution >= 0.6 is 11.6 Å². The molecule has 2 aromatic carbocycles. The van der Waals surface area contributed by atoms with E-state index in [0.29, 0.717) is 10.6 Å². The van der Waals surface area contributed by atoms with Gasteiger partial charge in [-0.1, -0.05) is 56.6 Å². The van der Waals surface area contributed by atoms with Gasteiger partial charge in [0.15, 0.2) is 12.4 Å². The summed E-state index contributed by atoms with van der Waals surface area (Å²) in [6.07, 6.45) is 0. The van der Waals surface area contributed by atoms with Crippen molar-refractivity contribution in [3.8, 4) is 0 Å². The van der Waals surface area contributed by atoms with Crippen LogP contribution in [-0.2, 0) is 10.2 Å². The predicted octanol–water partition coefficient (Wildman–Crippen LogP) is 4.26. The van der Waals surface area contributed by atoms with Crippen LogP contribution < -0.4 is 5.73 Å². The number of hydrogen-bond donors (Lipinski definition) is 1. The Morgan fingerprint density at radius 1 is 1.04 bits per heavy atom. The first kappa shape index (κ1) is 18.0. The summed E-state index contributed by atoms with van der Waals surface area (Å²) in [6, 6.07) is 11.8. The number of hydrogen-bond acceptors (Lipinski definition) is 4. The van der Waals surface area contributed by atoms with E-state index in [9.17, 15) is 9.59 Å². The molecule has 0 heterocycles. The van der Waals surface area contributed by atoms with E-state index in [1.165, 1.54) is 18.2 Å². The SMILES string of the molecule is CC(C)(C)c1ccc(C(=O)COC(=O)c2ccc(Cl)c(N)c2)cc1. The molecule has 4 nitrogen and oxygen atoms in total. The van der Waals surface area contributed by atoms with Gasteiger partial charge in [0.05, 0.1) is 16.3 Å². The number of anilines is 1. The molecule has 0 spiro atoms. The van der Waals surface area contributed by atoms with Crippen LogP contribution in [0, 0.1) is 0 Å². The second kappa shape index (κ2) is 7.05. The van der Waals surface area contributed by atoms with E-state index in [1.54, 1.807) is 12.1 Å². The standard InChI is InChI=1S/C19H20ClNO3/c1-19(2,3)14-7-4-12(5-8-14)17(22)11-24-18(23)13-6-9-15(20)16(21)10-13/h4-10H,11,21H2,1-3H3. The molecule has 0 fully saturated rings. The Balaban J connectivity index is 1.99. The van der Waals surface area contributed by atoms with Crippen molar-refractivity contribution in [3.63, 3.8) is 0 Å². The molecule has 0 atom stereocenters. The van der Waals surface area contributed by atoms with Crippen LogP contribution in [0.25, 0.3) is 0 Å². The van der Waals surface area contributed by atoms with Gasteiger partial charge in [0.25, 0.3) is 0 Å². The third-order valence-corrected chi connectivity index (χ3v) is 3.98. The molecule has 0 aliphatic heterocycles. The summed E-state index contributed by atoms with van der Waals surface area (Å²) < 4.78 is 5.05. The van der Waals surface area contributed by atoms with Crippen molar-refractivity contribution >= 4 is 29.0 Å². The first-order chi connectivity index (χ1) is 11.2. The van der Waals surface area contributed by atoms with Gasteiger partial charge in [0, 0.05) is 5.56 Å². The van der Waals surface area contributed by atoms with Gasteiger partial charge in [-0.3, -0.25) is 4.79 Å². The summed E-state index contributed by atoms with van der Waals surface area (Å²) in [7, 11) is 0. The fraction of sp³-hybridized carbons (Fsp3) is 0.263. The van der Waals surface area contributed by atoms with Gasteiger partial charge in [-0.15, -0.1) is 0 Å². The number of ketones is 1. The molecule has 2 N–H and O–H groups in total. The van der Waals surface area contributed by atoms with Gasteiger partial charge in [0.1, 0.15) is 0 Å². The van der Waals surface area contributed by atoms with Crippen LogP contribution in [-0.4, -0.2) is 18.4 Å².